The summed E-state index contributed by atoms with van der Waals surface area (Å²) < 4.78 is 9.09. The van der Waals surface area contributed by atoms with Crippen LogP contribution in [0.5, 0.6) is 11.5 Å². The third-order valence-electron chi connectivity index (χ3n) is 17.4. The molecule has 5 nitrogen and oxygen atoms in total. The Hall–Kier alpha value is -6.94. The van der Waals surface area contributed by atoms with Crippen LogP contribution in [0.25, 0.3) is 49.5 Å². The Morgan fingerprint density at radius 2 is 1.24 bits per heavy atom. The third kappa shape index (κ3) is 6.31. The predicted molar refractivity (Wildman–Crippen MR) is 284 cm³/mol. The van der Waals surface area contributed by atoms with E-state index in [4.69, 9.17) is 9.72 Å². The van der Waals surface area contributed by atoms with Crippen molar-refractivity contribution in [1.82, 2.24) is 9.55 Å². The first kappa shape index (κ1) is 42.9. The van der Waals surface area contributed by atoms with Crippen LogP contribution in [-0.4, -0.2) is 9.55 Å². The fourth-order valence-corrected chi connectivity index (χ4v) is 14.7. The summed E-state index contributed by atoms with van der Waals surface area (Å²) in [5, 5.41) is 5.01. The topological polar surface area (TPSA) is 33.5 Å². The second-order valence-electron chi connectivity index (χ2n) is 21.3. The summed E-state index contributed by atoms with van der Waals surface area (Å²) in [5.74, 6) is 5.05. The number of hydrogen-bond acceptors (Lipinski definition) is 4. The number of benzene rings is 8. The maximum atomic E-state index is 6.78. The Kier molecular flexibility index (Phi) is 9.69. The molecule has 0 amide bonds. The number of ether oxygens (including phenoxy) is 1. The second-order valence-corrected chi connectivity index (χ2v) is 21.3. The van der Waals surface area contributed by atoms with Crippen LogP contribution < -0.4 is 14.5 Å². The van der Waals surface area contributed by atoms with Gasteiger partial charge in [0.1, 0.15) is 5.82 Å². The van der Waals surface area contributed by atoms with Crippen molar-refractivity contribution >= 4 is 55.3 Å². The molecule has 6 heteroatoms. The molecule has 2 aromatic heterocycles. The molecular weight excluding hydrogens is 1050 g/mol. The van der Waals surface area contributed by atoms with Crippen molar-refractivity contribution in [2.45, 2.75) is 56.8 Å². The summed E-state index contributed by atoms with van der Waals surface area (Å²) in [6.07, 6.45) is 8.71. The van der Waals surface area contributed by atoms with Crippen LogP contribution in [0, 0.1) is 42.5 Å². The standard InChI is InChI=1S/C65H51N4O.Pt/c1-64(2)56-20-7-5-18-52(56)53-27-25-48(38-58(53)64)68-40-67(60-23-9-10-24-61(60)68)47-15-12-16-49(37-47)70-50-26-28-55-54-19-6-8-22-59(54)69(62(55)39-50)63-36-44(29-30-66-63)65(45-32-41-31-42(34-45)35-46(65)33-41)57-21-11-14-43-13-3-4-17-51(43)57;/h3-30,36,38,40-42,45-46H,31-35H2,1-2H3;/q-3;. The first-order valence-corrected chi connectivity index (χ1v) is 25.3. The fourth-order valence-electron chi connectivity index (χ4n) is 14.7. The van der Waals surface area contributed by atoms with Gasteiger partial charge >= 0.3 is 0 Å². The maximum absolute atomic E-state index is 6.78. The zero-order valence-electron chi connectivity index (χ0n) is 39.8. The minimum atomic E-state index is -0.0927. The number of aromatic nitrogens is 2. The van der Waals surface area contributed by atoms with E-state index < -0.39 is 0 Å². The largest absolute Gasteiger partial charge is 0.509 e. The quantitative estimate of drug-likeness (QED) is 0.149. The first-order valence-electron chi connectivity index (χ1n) is 25.3. The number of para-hydroxylation sites is 3. The molecule has 71 heavy (non-hydrogen) atoms. The minimum Gasteiger partial charge on any atom is -0.509 e. The van der Waals surface area contributed by atoms with Crippen molar-refractivity contribution in [2.75, 3.05) is 9.80 Å². The summed E-state index contributed by atoms with van der Waals surface area (Å²) >= 11 is 0. The summed E-state index contributed by atoms with van der Waals surface area (Å²) in [7, 11) is 0. The average Bonchev–Trinajstić information content (AvgIpc) is 4.02. The molecule has 4 saturated carbocycles. The van der Waals surface area contributed by atoms with Crippen LogP contribution in [0.15, 0.2) is 182 Å². The molecule has 4 fully saturated rings. The smallest absolute Gasteiger partial charge is 0.135 e. The van der Waals surface area contributed by atoms with E-state index in [2.05, 4.69) is 217 Å². The van der Waals surface area contributed by atoms with E-state index in [1.54, 1.807) is 0 Å². The molecule has 16 rings (SSSR count). The summed E-state index contributed by atoms with van der Waals surface area (Å²) in [6.45, 7) is 6.86. The van der Waals surface area contributed by atoms with Gasteiger partial charge in [-0.1, -0.05) is 122 Å². The van der Waals surface area contributed by atoms with Gasteiger partial charge in [-0.25, -0.2) is 4.98 Å². The predicted octanol–water partition coefficient (Wildman–Crippen LogP) is 16.2. The number of nitrogens with zero attached hydrogens (tertiary/aromatic N) is 4. The van der Waals surface area contributed by atoms with Crippen molar-refractivity contribution in [3.8, 4) is 28.4 Å². The molecular formula is C65H51N4OPt-3. The molecule has 6 aliphatic rings. The zero-order chi connectivity index (χ0) is 46.3. The van der Waals surface area contributed by atoms with Crippen LogP contribution in [0.4, 0.5) is 22.7 Å². The van der Waals surface area contributed by atoms with Crippen molar-refractivity contribution in [2.24, 2.45) is 23.7 Å². The third-order valence-corrected chi connectivity index (χ3v) is 17.4. The molecule has 4 bridgehead atoms. The van der Waals surface area contributed by atoms with Gasteiger partial charge in [-0.05, 0) is 148 Å². The maximum Gasteiger partial charge on any atom is 0.135 e. The van der Waals surface area contributed by atoms with Gasteiger partial charge in [-0.2, -0.15) is 12.1 Å². The van der Waals surface area contributed by atoms with Gasteiger partial charge in [0.15, 0.2) is 0 Å². The molecule has 0 unspecified atom stereocenters. The van der Waals surface area contributed by atoms with Crippen LogP contribution in [0.1, 0.15) is 68.2 Å². The van der Waals surface area contributed by atoms with Crippen LogP contribution >= 0.6 is 0 Å². The fraction of sp³-hybridized carbons (Fsp3) is 0.200. The Balaban J connectivity index is 0.00000470. The number of fused-ring (bicyclic) bond motifs is 8. The monoisotopic (exact) mass is 1100 g/mol. The van der Waals surface area contributed by atoms with E-state index in [1.165, 1.54) is 81.6 Å². The zero-order valence-corrected chi connectivity index (χ0v) is 42.0. The molecule has 0 N–H and O–H groups in total. The molecule has 0 radical (unpaired) electrons. The summed E-state index contributed by atoms with van der Waals surface area (Å²) in [6, 6.07) is 71.7. The van der Waals surface area contributed by atoms with Gasteiger partial charge in [0.05, 0.1) is 0 Å². The van der Waals surface area contributed by atoms with Gasteiger partial charge in [0.2, 0.25) is 0 Å². The Morgan fingerprint density at radius 3 is 2.08 bits per heavy atom. The molecule has 3 heterocycles. The van der Waals surface area contributed by atoms with Crippen molar-refractivity contribution in [3.63, 3.8) is 0 Å². The van der Waals surface area contributed by atoms with E-state index in [-0.39, 0.29) is 31.9 Å². The Bertz CT molecular complexity index is 3740. The van der Waals surface area contributed by atoms with Crippen molar-refractivity contribution in [1.29, 1.82) is 0 Å². The number of rotatable bonds is 7. The number of pyridine rings is 1. The second kappa shape index (κ2) is 16.0. The molecule has 0 atom stereocenters. The molecule has 350 valence electrons. The van der Waals surface area contributed by atoms with Crippen molar-refractivity contribution in [3.05, 3.63) is 223 Å². The van der Waals surface area contributed by atoms with E-state index in [0.717, 1.165) is 56.8 Å². The van der Waals surface area contributed by atoms with Crippen LogP contribution in [0.2, 0.25) is 0 Å². The van der Waals surface area contributed by atoms with E-state index in [1.807, 2.05) is 12.1 Å². The normalized spacial score (nSPS) is 22.2. The van der Waals surface area contributed by atoms with Gasteiger partial charge in [-0.3, -0.25) is 0 Å². The average molecular weight is 1100 g/mol. The molecule has 8 aromatic carbocycles. The first-order chi connectivity index (χ1) is 34.4. The Morgan fingerprint density at radius 1 is 0.563 bits per heavy atom. The van der Waals surface area contributed by atoms with Gasteiger partial charge in [0, 0.05) is 72.2 Å². The molecule has 0 spiro atoms. The SMILES string of the molecule is CC1(C)c2ccccc2-c2ccc(N3[CH-]N(c4[c-]c(Oc5[c-]c6c(cc5)c5ccccc5n6-c5cc(C6(c7cccc8ccccc78)C7CC8CC(C7)CC6C8)ccn5)ccc4)c4ccccc43)cc21.[Pt]. The number of anilines is 4. The van der Waals surface area contributed by atoms with E-state index in [9.17, 15) is 0 Å². The molecule has 0 saturated heterocycles. The van der Waals surface area contributed by atoms with E-state index in [0.29, 0.717) is 23.3 Å². The summed E-state index contributed by atoms with van der Waals surface area (Å²) in [4.78, 5) is 9.73. The van der Waals surface area contributed by atoms with Gasteiger partial charge in [-0.15, -0.1) is 48.1 Å². The Labute approximate surface area is 430 Å². The van der Waals surface area contributed by atoms with Gasteiger partial charge in [0.25, 0.3) is 0 Å². The van der Waals surface area contributed by atoms with Crippen molar-refractivity contribution < 1.29 is 25.8 Å². The summed E-state index contributed by atoms with van der Waals surface area (Å²) in [5.41, 5.74) is 14.4. The molecule has 10 aromatic rings. The van der Waals surface area contributed by atoms with E-state index >= 15 is 0 Å². The molecule has 5 aliphatic carbocycles. The minimum absolute atomic E-state index is 0. The molecule has 1 aliphatic heterocycles. The number of hydrogen-bond donors (Lipinski definition) is 0. The van der Waals surface area contributed by atoms with Gasteiger partial charge < -0.3 is 19.1 Å². The van der Waals surface area contributed by atoms with Crippen LogP contribution in [0.3, 0.4) is 0 Å². The van der Waals surface area contributed by atoms with Crippen LogP contribution in [-0.2, 0) is 31.9 Å².